The Hall–Kier alpha value is -2.04. The molecule has 2 nitrogen and oxygen atoms in total. The predicted octanol–water partition coefficient (Wildman–Crippen LogP) is 4.38. The van der Waals surface area contributed by atoms with Gasteiger partial charge in [-0.25, -0.2) is 9.37 Å². The van der Waals surface area contributed by atoms with E-state index in [1.54, 1.807) is 6.07 Å². The second kappa shape index (κ2) is 5.76. The fourth-order valence-electron chi connectivity index (χ4n) is 2.22. The Balaban J connectivity index is 2.14. The van der Waals surface area contributed by atoms with Crippen LogP contribution in [0, 0.1) is 12.7 Å². The van der Waals surface area contributed by atoms with Gasteiger partial charge in [0.1, 0.15) is 10.8 Å². The maximum absolute atomic E-state index is 14.0. The van der Waals surface area contributed by atoms with Crippen molar-refractivity contribution in [3.05, 3.63) is 65.6 Å². The largest absolute Gasteiger partial charge is 0.325 e. The van der Waals surface area contributed by atoms with E-state index in [4.69, 9.17) is 5.73 Å². The normalized spacial score (nSPS) is 10.8. The molecule has 0 unspecified atom stereocenters. The molecule has 3 rings (SSSR count). The molecular formula is C17H15FN2S. The Labute approximate surface area is 127 Å². The molecule has 2 aromatic carbocycles. The van der Waals surface area contributed by atoms with E-state index in [2.05, 4.69) is 4.98 Å². The van der Waals surface area contributed by atoms with Gasteiger partial charge in [-0.2, -0.15) is 0 Å². The number of aryl methyl sites for hydroxylation is 1. The molecule has 0 atom stereocenters. The fourth-order valence-corrected chi connectivity index (χ4v) is 3.34. The monoisotopic (exact) mass is 298 g/mol. The molecule has 2 N–H and O–H groups in total. The van der Waals surface area contributed by atoms with Crippen LogP contribution in [0.25, 0.3) is 21.0 Å². The van der Waals surface area contributed by atoms with Crippen LogP contribution in [-0.2, 0) is 6.54 Å². The molecule has 3 aromatic rings. The van der Waals surface area contributed by atoms with Crippen molar-refractivity contribution in [1.29, 1.82) is 0 Å². The average molecular weight is 298 g/mol. The van der Waals surface area contributed by atoms with Crippen LogP contribution in [0.1, 0.15) is 11.3 Å². The van der Waals surface area contributed by atoms with E-state index in [1.165, 1.54) is 17.4 Å². The number of rotatable bonds is 3. The Morgan fingerprint density at radius 2 is 1.90 bits per heavy atom. The van der Waals surface area contributed by atoms with Gasteiger partial charge in [0, 0.05) is 12.1 Å². The van der Waals surface area contributed by atoms with Gasteiger partial charge in [-0.15, -0.1) is 11.3 Å². The van der Waals surface area contributed by atoms with Crippen molar-refractivity contribution in [1.82, 2.24) is 4.98 Å². The summed E-state index contributed by atoms with van der Waals surface area (Å²) in [5.41, 5.74) is 9.22. The Morgan fingerprint density at radius 1 is 1.14 bits per heavy atom. The van der Waals surface area contributed by atoms with Crippen LogP contribution in [0.2, 0.25) is 0 Å². The molecule has 106 valence electrons. The summed E-state index contributed by atoms with van der Waals surface area (Å²) in [7, 11) is 0. The zero-order chi connectivity index (χ0) is 14.8. The smallest absolute Gasteiger partial charge is 0.133 e. The average Bonchev–Trinajstić information content (AvgIpc) is 2.94. The topological polar surface area (TPSA) is 38.9 Å². The van der Waals surface area contributed by atoms with E-state index in [0.29, 0.717) is 17.1 Å². The summed E-state index contributed by atoms with van der Waals surface area (Å²) in [5.74, 6) is -0.252. The Bertz CT molecular complexity index is 766. The van der Waals surface area contributed by atoms with Crippen LogP contribution >= 0.6 is 11.3 Å². The third-order valence-electron chi connectivity index (χ3n) is 3.28. The second-order valence-corrected chi connectivity index (χ2v) is 5.85. The quantitative estimate of drug-likeness (QED) is 0.779. The molecule has 0 aliphatic carbocycles. The van der Waals surface area contributed by atoms with E-state index in [9.17, 15) is 4.39 Å². The summed E-state index contributed by atoms with van der Waals surface area (Å²) in [6.07, 6.45) is 0. The zero-order valence-corrected chi connectivity index (χ0v) is 12.5. The van der Waals surface area contributed by atoms with Gasteiger partial charge in [-0.3, -0.25) is 0 Å². The number of hydrogen-bond donors (Lipinski definition) is 1. The van der Waals surface area contributed by atoms with Gasteiger partial charge < -0.3 is 5.73 Å². The van der Waals surface area contributed by atoms with Crippen LogP contribution in [0.5, 0.6) is 0 Å². The molecule has 21 heavy (non-hydrogen) atoms. The van der Waals surface area contributed by atoms with Crippen molar-refractivity contribution >= 4 is 11.3 Å². The van der Waals surface area contributed by atoms with Gasteiger partial charge in [0.25, 0.3) is 0 Å². The lowest BCUT2D eigenvalue weighted by Crippen LogP contribution is -1.98. The molecule has 0 saturated heterocycles. The van der Waals surface area contributed by atoms with Crippen molar-refractivity contribution in [3.63, 3.8) is 0 Å². The molecule has 4 heteroatoms. The van der Waals surface area contributed by atoms with E-state index in [0.717, 1.165) is 21.7 Å². The first-order valence-corrected chi connectivity index (χ1v) is 7.52. The number of nitrogens with zero attached hydrogens (tertiary/aromatic N) is 1. The van der Waals surface area contributed by atoms with Crippen LogP contribution in [0.4, 0.5) is 4.39 Å². The minimum atomic E-state index is -0.252. The molecule has 1 heterocycles. The van der Waals surface area contributed by atoms with Crippen LogP contribution in [0.15, 0.2) is 48.5 Å². The summed E-state index contributed by atoms with van der Waals surface area (Å²) in [5, 5.41) is 0.676. The zero-order valence-electron chi connectivity index (χ0n) is 11.6. The van der Waals surface area contributed by atoms with Gasteiger partial charge >= 0.3 is 0 Å². The summed E-state index contributed by atoms with van der Waals surface area (Å²) in [6.45, 7) is 2.28. The molecule has 1 aromatic heterocycles. The highest BCUT2D eigenvalue weighted by atomic mass is 32.1. The van der Waals surface area contributed by atoms with Crippen molar-refractivity contribution < 1.29 is 4.39 Å². The van der Waals surface area contributed by atoms with Crippen molar-refractivity contribution in [2.45, 2.75) is 13.5 Å². The molecule has 0 spiro atoms. The first kappa shape index (κ1) is 13.9. The van der Waals surface area contributed by atoms with Crippen molar-refractivity contribution in [2.24, 2.45) is 5.73 Å². The molecule has 0 radical (unpaired) electrons. The summed E-state index contributed by atoms with van der Waals surface area (Å²) >= 11 is 1.48. The minimum Gasteiger partial charge on any atom is -0.325 e. The van der Waals surface area contributed by atoms with Crippen molar-refractivity contribution in [2.75, 3.05) is 0 Å². The molecule has 0 aliphatic rings. The third-order valence-corrected chi connectivity index (χ3v) is 4.46. The second-order valence-electron chi connectivity index (χ2n) is 4.85. The standard InChI is InChI=1S/C17H15FN2S/c1-11-7-8-14(18)13(9-11)17-20-15(10-19)16(21-17)12-5-3-2-4-6-12/h2-9H,10,19H2,1H3. The molecule has 0 fully saturated rings. The maximum atomic E-state index is 14.0. The van der Waals surface area contributed by atoms with Crippen LogP contribution < -0.4 is 5.73 Å². The van der Waals surface area contributed by atoms with Gasteiger partial charge in [-0.05, 0) is 24.6 Å². The Morgan fingerprint density at radius 3 is 2.62 bits per heavy atom. The van der Waals surface area contributed by atoms with Crippen LogP contribution in [-0.4, -0.2) is 4.98 Å². The number of nitrogens with two attached hydrogens (primary N) is 1. The number of aromatic nitrogens is 1. The lowest BCUT2D eigenvalue weighted by atomic mass is 10.1. The van der Waals surface area contributed by atoms with Gasteiger partial charge in [0.15, 0.2) is 0 Å². The van der Waals surface area contributed by atoms with E-state index >= 15 is 0 Å². The molecule has 0 saturated carbocycles. The highest BCUT2D eigenvalue weighted by Crippen LogP contribution is 2.36. The SMILES string of the molecule is Cc1ccc(F)c(-c2nc(CN)c(-c3ccccc3)s2)c1. The molecule has 0 aliphatic heterocycles. The molecular weight excluding hydrogens is 283 g/mol. The first-order chi connectivity index (χ1) is 10.2. The molecule has 0 bridgehead atoms. The summed E-state index contributed by atoms with van der Waals surface area (Å²) in [6, 6.07) is 15.0. The van der Waals surface area contributed by atoms with E-state index in [1.807, 2.05) is 43.3 Å². The molecule has 0 amide bonds. The highest BCUT2D eigenvalue weighted by Gasteiger charge is 2.15. The van der Waals surface area contributed by atoms with Gasteiger partial charge in [-0.1, -0.05) is 42.0 Å². The number of halogens is 1. The maximum Gasteiger partial charge on any atom is 0.133 e. The lowest BCUT2D eigenvalue weighted by molar-refractivity contribution is 0.630. The van der Waals surface area contributed by atoms with Crippen LogP contribution in [0.3, 0.4) is 0 Å². The first-order valence-electron chi connectivity index (χ1n) is 6.70. The predicted molar refractivity (Wildman–Crippen MR) is 85.6 cm³/mol. The van der Waals surface area contributed by atoms with E-state index < -0.39 is 0 Å². The Kier molecular flexibility index (Phi) is 3.82. The number of hydrogen-bond acceptors (Lipinski definition) is 3. The minimum absolute atomic E-state index is 0.252. The fraction of sp³-hybridized carbons (Fsp3) is 0.118. The van der Waals surface area contributed by atoms with Crippen molar-refractivity contribution in [3.8, 4) is 21.0 Å². The number of benzene rings is 2. The highest BCUT2D eigenvalue weighted by molar-refractivity contribution is 7.18. The lowest BCUT2D eigenvalue weighted by Gasteiger charge is -2.00. The third kappa shape index (κ3) is 2.73. The van der Waals surface area contributed by atoms with Gasteiger partial charge in [0.05, 0.1) is 10.6 Å². The van der Waals surface area contributed by atoms with E-state index in [-0.39, 0.29) is 5.82 Å². The number of thiazole rings is 1. The summed E-state index contributed by atoms with van der Waals surface area (Å²) < 4.78 is 14.0. The summed E-state index contributed by atoms with van der Waals surface area (Å²) in [4.78, 5) is 5.54. The van der Waals surface area contributed by atoms with Gasteiger partial charge in [0.2, 0.25) is 0 Å².